The highest BCUT2D eigenvalue weighted by atomic mass is 79.9. The van der Waals surface area contributed by atoms with Crippen molar-refractivity contribution in [3.05, 3.63) is 44.0 Å². The van der Waals surface area contributed by atoms with Crippen molar-refractivity contribution in [1.29, 1.82) is 0 Å². The molecule has 3 aromatic heterocycles. The highest BCUT2D eigenvalue weighted by Gasteiger charge is 2.17. The van der Waals surface area contributed by atoms with Crippen LogP contribution in [0.2, 0.25) is 0 Å². The van der Waals surface area contributed by atoms with E-state index >= 15 is 0 Å². The van der Waals surface area contributed by atoms with E-state index in [1.54, 1.807) is 22.7 Å². The second-order valence-corrected chi connectivity index (χ2v) is 9.78. The zero-order valence-corrected chi connectivity index (χ0v) is 16.0. The van der Waals surface area contributed by atoms with E-state index < -0.39 is 0 Å². The minimum absolute atomic E-state index is 0.957. The maximum atomic E-state index is 4.51. The maximum absolute atomic E-state index is 4.51. The largest absolute Gasteiger partial charge is 0.173 e. The maximum Gasteiger partial charge on any atom is 0.114 e. The smallest absolute Gasteiger partial charge is 0.114 e. The lowest BCUT2D eigenvalue weighted by atomic mass is 10.0. The normalized spacial score (nSPS) is 11.3. The molecule has 4 aromatic rings. The third-order valence-corrected chi connectivity index (χ3v) is 6.93. The summed E-state index contributed by atoms with van der Waals surface area (Å²) in [7, 11) is 0. The lowest BCUT2D eigenvalue weighted by Gasteiger charge is -2.06. The summed E-state index contributed by atoms with van der Waals surface area (Å²) < 4.78 is 11.1. The van der Waals surface area contributed by atoms with E-state index in [-0.39, 0.29) is 0 Å². The Labute approximate surface area is 150 Å². The van der Waals surface area contributed by atoms with Gasteiger partial charge in [-0.2, -0.15) is 8.75 Å². The summed E-state index contributed by atoms with van der Waals surface area (Å²) in [5.41, 5.74) is 4.32. The van der Waals surface area contributed by atoms with E-state index in [0.29, 0.717) is 0 Å². The number of benzene rings is 1. The Bertz CT molecular complexity index is 939. The molecule has 104 valence electrons. The lowest BCUT2D eigenvalue weighted by molar-refractivity contribution is 1.63. The van der Waals surface area contributed by atoms with Crippen molar-refractivity contribution >= 4 is 77.3 Å². The summed E-state index contributed by atoms with van der Waals surface area (Å²) in [5.74, 6) is 0. The highest BCUT2D eigenvalue weighted by Crippen LogP contribution is 2.43. The van der Waals surface area contributed by atoms with Crippen LogP contribution in [0.3, 0.4) is 0 Å². The Morgan fingerprint density at radius 2 is 1.48 bits per heavy atom. The van der Waals surface area contributed by atoms with Crippen molar-refractivity contribution in [3.63, 3.8) is 0 Å². The van der Waals surface area contributed by atoms with Gasteiger partial charge in [0.05, 0.1) is 19.3 Å². The van der Waals surface area contributed by atoms with Gasteiger partial charge in [-0.05, 0) is 62.2 Å². The minimum Gasteiger partial charge on any atom is -0.173 e. The SMILES string of the molecule is Brc1ccc(-c2ccc3nsnc3c2-c2ccc(Br)s2)s1. The summed E-state index contributed by atoms with van der Waals surface area (Å²) in [4.78, 5) is 2.44. The molecule has 0 saturated carbocycles. The summed E-state index contributed by atoms with van der Waals surface area (Å²) in [6.07, 6.45) is 0. The Balaban J connectivity index is 2.06. The van der Waals surface area contributed by atoms with E-state index in [0.717, 1.165) is 18.6 Å². The quantitative estimate of drug-likeness (QED) is 0.335. The molecule has 0 unspecified atom stereocenters. The van der Waals surface area contributed by atoms with Gasteiger partial charge in [-0.1, -0.05) is 6.07 Å². The molecule has 0 amide bonds. The second-order valence-electron chi connectivity index (χ2n) is 4.33. The van der Waals surface area contributed by atoms with E-state index in [4.69, 9.17) is 0 Å². The van der Waals surface area contributed by atoms with Crippen molar-refractivity contribution in [2.75, 3.05) is 0 Å². The molecular formula is C14H6Br2N2S3. The van der Waals surface area contributed by atoms with Crippen LogP contribution in [0, 0.1) is 0 Å². The molecule has 21 heavy (non-hydrogen) atoms. The molecule has 7 heteroatoms. The van der Waals surface area contributed by atoms with Crippen LogP contribution in [-0.4, -0.2) is 8.75 Å². The van der Waals surface area contributed by atoms with Crippen LogP contribution in [0.15, 0.2) is 44.0 Å². The Morgan fingerprint density at radius 1 is 0.762 bits per heavy atom. The van der Waals surface area contributed by atoms with Crippen molar-refractivity contribution in [1.82, 2.24) is 8.75 Å². The molecule has 4 rings (SSSR count). The summed E-state index contributed by atoms with van der Waals surface area (Å²) >= 11 is 11.8. The fourth-order valence-electron chi connectivity index (χ4n) is 2.21. The number of fused-ring (bicyclic) bond motifs is 1. The molecule has 0 atom stereocenters. The summed E-state index contributed by atoms with van der Waals surface area (Å²) in [6.45, 7) is 0. The molecule has 0 saturated heterocycles. The van der Waals surface area contributed by atoms with Gasteiger partial charge >= 0.3 is 0 Å². The lowest BCUT2D eigenvalue weighted by Crippen LogP contribution is -1.83. The van der Waals surface area contributed by atoms with Crippen molar-refractivity contribution in [3.8, 4) is 20.9 Å². The predicted octanol–water partition coefficient (Wildman–Crippen LogP) is 6.67. The topological polar surface area (TPSA) is 25.8 Å². The zero-order chi connectivity index (χ0) is 14.4. The zero-order valence-electron chi connectivity index (χ0n) is 10.3. The van der Waals surface area contributed by atoms with Crippen LogP contribution in [-0.2, 0) is 0 Å². The third kappa shape index (κ3) is 2.51. The molecule has 3 heterocycles. The van der Waals surface area contributed by atoms with Gasteiger partial charge in [0.2, 0.25) is 0 Å². The fourth-order valence-corrected chi connectivity index (χ4v) is 5.62. The second kappa shape index (κ2) is 5.55. The van der Waals surface area contributed by atoms with E-state index in [9.17, 15) is 0 Å². The number of hydrogen-bond donors (Lipinski definition) is 0. The number of hydrogen-bond acceptors (Lipinski definition) is 5. The molecule has 0 aliphatic carbocycles. The molecule has 0 spiro atoms. The van der Waals surface area contributed by atoms with Crippen molar-refractivity contribution in [2.24, 2.45) is 0 Å². The molecule has 0 fully saturated rings. The molecule has 0 aliphatic heterocycles. The van der Waals surface area contributed by atoms with Crippen LogP contribution in [0.1, 0.15) is 0 Å². The average molecular weight is 458 g/mol. The Morgan fingerprint density at radius 3 is 2.14 bits per heavy atom. The first-order chi connectivity index (χ1) is 10.2. The number of nitrogens with zero attached hydrogens (tertiary/aromatic N) is 2. The molecule has 0 aliphatic rings. The number of thiophene rings is 2. The number of aromatic nitrogens is 2. The van der Waals surface area contributed by atoms with Gasteiger partial charge in [0.15, 0.2) is 0 Å². The molecule has 0 radical (unpaired) electrons. The molecule has 2 nitrogen and oxygen atoms in total. The van der Waals surface area contributed by atoms with E-state index in [1.165, 1.54) is 32.6 Å². The predicted molar refractivity (Wildman–Crippen MR) is 99.4 cm³/mol. The van der Waals surface area contributed by atoms with Gasteiger partial charge in [-0.3, -0.25) is 0 Å². The van der Waals surface area contributed by atoms with Crippen LogP contribution in [0.5, 0.6) is 0 Å². The van der Waals surface area contributed by atoms with E-state index in [2.05, 4.69) is 70.9 Å². The Hall–Kier alpha value is -0.600. The highest BCUT2D eigenvalue weighted by molar-refractivity contribution is 9.11. The summed E-state index contributed by atoms with van der Waals surface area (Å²) in [6, 6.07) is 12.6. The molecule has 0 N–H and O–H groups in total. The monoisotopic (exact) mass is 456 g/mol. The first kappa shape index (κ1) is 14.0. The van der Waals surface area contributed by atoms with Gasteiger partial charge in [-0.15, -0.1) is 22.7 Å². The van der Waals surface area contributed by atoms with E-state index in [1.807, 2.05) is 6.07 Å². The molecular weight excluding hydrogens is 452 g/mol. The van der Waals surface area contributed by atoms with Crippen LogP contribution >= 0.6 is 66.3 Å². The van der Waals surface area contributed by atoms with Crippen molar-refractivity contribution < 1.29 is 0 Å². The van der Waals surface area contributed by atoms with Gasteiger partial charge in [0.1, 0.15) is 11.0 Å². The fraction of sp³-hybridized carbons (Fsp3) is 0. The minimum atomic E-state index is 0.957. The number of halogens is 2. The van der Waals surface area contributed by atoms with Crippen LogP contribution < -0.4 is 0 Å². The third-order valence-electron chi connectivity index (χ3n) is 3.09. The van der Waals surface area contributed by atoms with Gasteiger partial charge in [-0.25, -0.2) is 0 Å². The Kier molecular flexibility index (Phi) is 3.71. The van der Waals surface area contributed by atoms with Gasteiger partial charge in [0.25, 0.3) is 0 Å². The summed E-state index contributed by atoms with van der Waals surface area (Å²) in [5, 5.41) is 0. The standard InChI is InChI=1S/C14H6Br2N2S3/c15-11-5-3-9(19-11)7-1-2-8-14(18-21-17-8)13(7)10-4-6-12(16)20-10/h1-6H. The average Bonchev–Trinajstić information content (AvgIpc) is 3.17. The molecule has 0 bridgehead atoms. The van der Waals surface area contributed by atoms with Crippen LogP contribution in [0.25, 0.3) is 31.9 Å². The number of rotatable bonds is 2. The van der Waals surface area contributed by atoms with Crippen molar-refractivity contribution in [2.45, 2.75) is 0 Å². The first-order valence-electron chi connectivity index (χ1n) is 5.99. The van der Waals surface area contributed by atoms with Gasteiger partial charge < -0.3 is 0 Å². The molecule has 1 aromatic carbocycles. The van der Waals surface area contributed by atoms with Crippen LogP contribution in [0.4, 0.5) is 0 Å². The van der Waals surface area contributed by atoms with Gasteiger partial charge in [0, 0.05) is 20.9 Å². The first-order valence-corrected chi connectivity index (χ1v) is 9.94.